The molecule has 0 amide bonds. The highest BCUT2D eigenvalue weighted by Crippen LogP contribution is 2.26. The van der Waals surface area contributed by atoms with Crippen molar-refractivity contribution in [3.63, 3.8) is 0 Å². The minimum absolute atomic E-state index is 0.0172. The molecule has 0 aliphatic carbocycles. The van der Waals surface area contributed by atoms with E-state index in [9.17, 15) is 4.39 Å². The summed E-state index contributed by atoms with van der Waals surface area (Å²) in [5.41, 5.74) is 0.451. The highest BCUT2D eigenvalue weighted by Gasteiger charge is 2.09. The van der Waals surface area contributed by atoms with Crippen molar-refractivity contribution in [2.75, 3.05) is 0 Å². The lowest BCUT2D eigenvalue weighted by Crippen LogP contribution is -1.95. The van der Waals surface area contributed by atoms with Crippen LogP contribution < -0.4 is 4.74 Å². The van der Waals surface area contributed by atoms with Gasteiger partial charge in [-0.2, -0.15) is 4.98 Å². The summed E-state index contributed by atoms with van der Waals surface area (Å²) < 4.78 is 18.4. The molecule has 0 saturated carbocycles. The van der Waals surface area contributed by atoms with E-state index in [1.165, 1.54) is 18.2 Å². The summed E-state index contributed by atoms with van der Waals surface area (Å²) >= 11 is 11.3. The molecule has 0 bridgehead atoms. The van der Waals surface area contributed by atoms with E-state index in [4.69, 9.17) is 27.9 Å². The number of rotatable bonds is 2. The van der Waals surface area contributed by atoms with Crippen LogP contribution >= 0.6 is 23.2 Å². The van der Waals surface area contributed by atoms with E-state index in [2.05, 4.69) is 15.2 Å². The summed E-state index contributed by atoms with van der Waals surface area (Å²) in [6, 6.07) is 4.26. The summed E-state index contributed by atoms with van der Waals surface area (Å²) in [6.07, 6.45) is 0. The van der Waals surface area contributed by atoms with E-state index in [0.29, 0.717) is 11.3 Å². The van der Waals surface area contributed by atoms with Gasteiger partial charge in [0, 0.05) is 0 Å². The Labute approximate surface area is 106 Å². The maximum Gasteiger partial charge on any atom is 0.262 e. The molecular formula is C10H6Cl2FN3O. The number of ether oxygens (including phenoxy) is 1. The van der Waals surface area contributed by atoms with Gasteiger partial charge in [-0.15, -0.1) is 10.2 Å². The Morgan fingerprint density at radius 3 is 2.71 bits per heavy atom. The fourth-order valence-electron chi connectivity index (χ4n) is 1.14. The number of halogens is 3. The molecule has 0 radical (unpaired) electrons. The maximum atomic E-state index is 13.0. The number of hydrogen-bond donors (Lipinski definition) is 0. The van der Waals surface area contributed by atoms with Crippen molar-refractivity contribution in [1.82, 2.24) is 15.2 Å². The summed E-state index contributed by atoms with van der Waals surface area (Å²) in [4.78, 5) is 3.76. The second-order valence-corrected chi connectivity index (χ2v) is 3.89. The van der Waals surface area contributed by atoms with Crippen molar-refractivity contribution in [2.24, 2.45) is 0 Å². The molecule has 17 heavy (non-hydrogen) atoms. The minimum atomic E-state index is -0.317. The highest BCUT2D eigenvalue weighted by atomic mass is 35.5. The Morgan fingerprint density at radius 2 is 2.00 bits per heavy atom. The van der Waals surface area contributed by atoms with Crippen LogP contribution in [-0.4, -0.2) is 15.2 Å². The average Bonchev–Trinajstić information content (AvgIpc) is 2.29. The molecule has 0 aliphatic rings. The standard InChI is InChI=1S/C10H6Cl2FN3O/c1-5-4-6(2-3-7(5)13)17-9-8(11)15-16-10(12)14-9/h2-4H,1H3. The molecule has 88 valence electrons. The molecule has 2 aromatic rings. The van der Waals surface area contributed by atoms with E-state index in [-0.39, 0.29) is 22.1 Å². The van der Waals surface area contributed by atoms with Gasteiger partial charge in [0.1, 0.15) is 11.6 Å². The van der Waals surface area contributed by atoms with Crippen LogP contribution in [0.5, 0.6) is 11.6 Å². The Morgan fingerprint density at radius 1 is 1.24 bits per heavy atom. The third kappa shape index (κ3) is 2.81. The Hall–Kier alpha value is -1.46. The van der Waals surface area contributed by atoms with Gasteiger partial charge >= 0.3 is 0 Å². The number of aromatic nitrogens is 3. The fraction of sp³-hybridized carbons (Fsp3) is 0.100. The van der Waals surface area contributed by atoms with Crippen LogP contribution in [0.1, 0.15) is 5.56 Å². The molecule has 0 saturated heterocycles. The van der Waals surface area contributed by atoms with E-state index >= 15 is 0 Å². The molecule has 0 aliphatic heterocycles. The molecule has 0 fully saturated rings. The SMILES string of the molecule is Cc1cc(Oc2nc(Cl)nnc2Cl)ccc1F. The summed E-state index contributed by atoms with van der Waals surface area (Å²) in [7, 11) is 0. The van der Waals surface area contributed by atoms with Gasteiger partial charge in [0.05, 0.1) is 0 Å². The Balaban J connectivity index is 2.31. The second kappa shape index (κ2) is 4.81. The molecule has 0 atom stereocenters. The smallest absolute Gasteiger partial charge is 0.262 e. The lowest BCUT2D eigenvalue weighted by atomic mass is 10.2. The van der Waals surface area contributed by atoms with Gasteiger partial charge in [-0.25, -0.2) is 4.39 Å². The summed E-state index contributed by atoms with van der Waals surface area (Å²) in [5, 5.41) is 6.88. The first-order valence-electron chi connectivity index (χ1n) is 4.56. The van der Waals surface area contributed by atoms with Gasteiger partial charge in [-0.1, -0.05) is 11.6 Å². The van der Waals surface area contributed by atoms with E-state index < -0.39 is 0 Å². The van der Waals surface area contributed by atoms with Crippen LogP contribution in [0.3, 0.4) is 0 Å². The zero-order valence-electron chi connectivity index (χ0n) is 8.62. The monoisotopic (exact) mass is 273 g/mol. The van der Waals surface area contributed by atoms with Crippen LogP contribution in [0.4, 0.5) is 4.39 Å². The molecule has 0 N–H and O–H groups in total. The summed E-state index contributed by atoms with van der Waals surface area (Å²) in [5.74, 6) is 0.0994. The fourth-order valence-corrected chi connectivity index (χ4v) is 1.37. The van der Waals surface area contributed by atoms with Crippen LogP contribution in [0.25, 0.3) is 0 Å². The Kier molecular flexibility index (Phi) is 3.40. The quantitative estimate of drug-likeness (QED) is 0.841. The zero-order valence-corrected chi connectivity index (χ0v) is 10.1. The van der Waals surface area contributed by atoms with Crippen molar-refractivity contribution >= 4 is 23.2 Å². The van der Waals surface area contributed by atoms with Gasteiger partial charge in [0.25, 0.3) is 5.88 Å². The van der Waals surface area contributed by atoms with Crippen molar-refractivity contribution < 1.29 is 9.13 Å². The third-order valence-corrected chi connectivity index (χ3v) is 2.33. The predicted molar refractivity (Wildman–Crippen MR) is 61.1 cm³/mol. The van der Waals surface area contributed by atoms with Gasteiger partial charge < -0.3 is 4.74 Å². The maximum absolute atomic E-state index is 13.0. The normalized spacial score (nSPS) is 10.4. The zero-order chi connectivity index (χ0) is 12.4. The van der Waals surface area contributed by atoms with Crippen molar-refractivity contribution in [3.05, 3.63) is 40.0 Å². The molecule has 1 aromatic heterocycles. The first-order chi connectivity index (χ1) is 8.06. The first kappa shape index (κ1) is 12.0. The number of aryl methyl sites for hydroxylation is 1. The van der Waals surface area contributed by atoms with Crippen LogP contribution in [-0.2, 0) is 0 Å². The van der Waals surface area contributed by atoms with Gasteiger partial charge in [0.15, 0.2) is 0 Å². The lowest BCUT2D eigenvalue weighted by molar-refractivity contribution is 0.455. The van der Waals surface area contributed by atoms with Crippen LogP contribution in [0.2, 0.25) is 10.4 Å². The van der Waals surface area contributed by atoms with E-state index in [0.717, 1.165) is 0 Å². The molecule has 1 heterocycles. The van der Waals surface area contributed by atoms with E-state index in [1.807, 2.05) is 0 Å². The topological polar surface area (TPSA) is 47.9 Å². The molecular weight excluding hydrogens is 268 g/mol. The van der Waals surface area contributed by atoms with Gasteiger partial charge in [0.2, 0.25) is 10.4 Å². The van der Waals surface area contributed by atoms with Gasteiger partial charge in [-0.3, -0.25) is 0 Å². The van der Waals surface area contributed by atoms with Crippen LogP contribution in [0.15, 0.2) is 18.2 Å². The summed E-state index contributed by atoms with van der Waals surface area (Å²) in [6.45, 7) is 1.62. The molecule has 2 rings (SSSR count). The molecule has 0 unspecified atom stereocenters. The van der Waals surface area contributed by atoms with Crippen molar-refractivity contribution in [2.45, 2.75) is 6.92 Å². The third-order valence-electron chi connectivity index (χ3n) is 1.93. The van der Waals surface area contributed by atoms with E-state index in [1.54, 1.807) is 6.92 Å². The minimum Gasteiger partial charge on any atom is -0.436 e. The average molecular weight is 274 g/mol. The number of nitrogens with zero attached hydrogens (tertiary/aromatic N) is 3. The van der Waals surface area contributed by atoms with Crippen molar-refractivity contribution in [3.8, 4) is 11.6 Å². The second-order valence-electron chi connectivity index (χ2n) is 3.19. The highest BCUT2D eigenvalue weighted by molar-refractivity contribution is 6.31. The molecule has 4 nitrogen and oxygen atoms in total. The van der Waals surface area contributed by atoms with Gasteiger partial charge in [-0.05, 0) is 42.3 Å². The number of hydrogen-bond acceptors (Lipinski definition) is 4. The van der Waals surface area contributed by atoms with Crippen molar-refractivity contribution in [1.29, 1.82) is 0 Å². The molecule has 1 aromatic carbocycles. The Bertz CT molecular complexity index is 565. The lowest BCUT2D eigenvalue weighted by Gasteiger charge is -2.06. The predicted octanol–water partition coefficient (Wildman–Crippen LogP) is 3.42. The number of benzene rings is 1. The van der Waals surface area contributed by atoms with Crippen LogP contribution in [0, 0.1) is 12.7 Å². The molecule has 7 heteroatoms. The largest absolute Gasteiger partial charge is 0.436 e. The molecule has 0 spiro atoms. The first-order valence-corrected chi connectivity index (χ1v) is 5.31.